The molecule has 218 valence electrons. The van der Waals surface area contributed by atoms with Crippen LogP contribution in [0.25, 0.3) is 0 Å². The van der Waals surface area contributed by atoms with Gasteiger partial charge in [0.1, 0.15) is 0 Å². The predicted octanol–water partition coefficient (Wildman–Crippen LogP) is 10.6. The van der Waals surface area contributed by atoms with Gasteiger partial charge in [0, 0.05) is 11.6 Å². The number of unbranched alkanes of at least 4 members (excludes halogenated alkanes) is 17. The topological polar surface area (TPSA) is 63.6 Å². The van der Waals surface area contributed by atoms with E-state index in [4.69, 9.17) is 9.84 Å². The van der Waals surface area contributed by atoms with E-state index in [1.54, 1.807) is 0 Å². The molecule has 0 rings (SSSR count). The summed E-state index contributed by atoms with van der Waals surface area (Å²) in [5, 5.41) is 7.60. The van der Waals surface area contributed by atoms with E-state index < -0.39 is 5.97 Å². The maximum absolute atomic E-state index is 12.1. The largest absolute Gasteiger partial charge is 0.478 e. The average Bonchev–Trinajstić information content (AvgIpc) is 2.90. The molecule has 0 aliphatic carbocycles. The van der Waals surface area contributed by atoms with Crippen LogP contribution in [0.4, 0.5) is 0 Å². The van der Waals surface area contributed by atoms with Crippen LogP contribution in [-0.2, 0) is 14.3 Å². The van der Waals surface area contributed by atoms with Crippen molar-refractivity contribution in [1.82, 2.24) is 0 Å². The van der Waals surface area contributed by atoms with E-state index in [2.05, 4.69) is 33.9 Å². The fourth-order valence-corrected chi connectivity index (χ4v) is 4.47. The molecule has 0 spiro atoms. The monoisotopic (exact) mass is 522 g/mol. The quantitative estimate of drug-likeness (QED) is 0.0697. The molecule has 0 bridgehead atoms. The summed E-state index contributed by atoms with van der Waals surface area (Å²) in [7, 11) is 0. The predicted molar refractivity (Wildman–Crippen MR) is 160 cm³/mol. The van der Waals surface area contributed by atoms with Gasteiger partial charge in [0.25, 0.3) is 0 Å². The Morgan fingerprint density at radius 3 is 1.43 bits per heavy atom. The molecule has 1 N–H and O–H groups in total. The normalized spacial score (nSPS) is 11.3. The summed E-state index contributed by atoms with van der Waals surface area (Å²) in [5.41, 5.74) is 0.667. The molecule has 0 aromatic heterocycles. The Bertz CT molecular complexity index is 540. The van der Waals surface area contributed by atoms with Crippen molar-refractivity contribution < 1.29 is 19.4 Å². The van der Waals surface area contributed by atoms with E-state index >= 15 is 0 Å². The van der Waals surface area contributed by atoms with Crippen LogP contribution in [0, 0.1) is 5.92 Å². The number of hydrogen-bond acceptors (Lipinski definition) is 3. The van der Waals surface area contributed by atoms with Gasteiger partial charge in [0.05, 0.1) is 6.61 Å². The summed E-state index contributed by atoms with van der Waals surface area (Å²) in [4.78, 5) is 21.4. The first-order chi connectivity index (χ1) is 17.9. The van der Waals surface area contributed by atoms with E-state index in [0.717, 1.165) is 25.3 Å². The summed E-state index contributed by atoms with van der Waals surface area (Å²) in [6, 6.07) is 0. The Balaban J connectivity index is 0. The lowest BCUT2D eigenvalue weighted by atomic mass is 9.92. The maximum Gasteiger partial charge on any atom is 0.333 e. The van der Waals surface area contributed by atoms with Gasteiger partial charge in [-0.2, -0.15) is 0 Å². The summed E-state index contributed by atoms with van der Waals surface area (Å²) in [6.07, 6.45) is 29.6. The number of aliphatic carboxylic acids is 1. The average molecular weight is 523 g/mol. The molecule has 0 aliphatic heterocycles. The minimum atomic E-state index is -0.981. The third-order valence-electron chi connectivity index (χ3n) is 7.02. The Morgan fingerprint density at radius 1 is 0.703 bits per heavy atom. The molecule has 0 heterocycles. The molecule has 0 amide bonds. The van der Waals surface area contributed by atoms with Gasteiger partial charge in [-0.25, -0.2) is 9.59 Å². The Labute approximate surface area is 230 Å². The van der Waals surface area contributed by atoms with Crippen LogP contribution in [0.2, 0.25) is 0 Å². The number of carbonyl (C=O) groups excluding carboxylic acids is 1. The van der Waals surface area contributed by atoms with E-state index in [1.165, 1.54) is 122 Å². The van der Waals surface area contributed by atoms with E-state index in [1.807, 2.05) is 0 Å². The number of carboxylic acids is 1. The van der Waals surface area contributed by atoms with Crippen LogP contribution in [0.5, 0.6) is 0 Å². The second-order valence-corrected chi connectivity index (χ2v) is 10.6. The van der Waals surface area contributed by atoms with E-state index in [9.17, 15) is 9.59 Å². The van der Waals surface area contributed by atoms with Crippen LogP contribution in [0.1, 0.15) is 162 Å². The molecule has 0 aliphatic rings. The van der Waals surface area contributed by atoms with Gasteiger partial charge in [-0.3, -0.25) is 0 Å². The molecule has 0 fully saturated rings. The van der Waals surface area contributed by atoms with E-state index in [-0.39, 0.29) is 5.97 Å². The van der Waals surface area contributed by atoms with Gasteiger partial charge in [0.15, 0.2) is 0 Å². The second-order valence-electron chi connectivity index (χ2n) is 10.6. The minimum Gasteiger partial charge on any atom is -0.478 e. The van der Waals surface area contributed by atoms with Gasteiger partial charge in [-0.05, 0) is 18.8 Å². The van der Waals surface area contributed by atoms with Crippen LogP contribution in [-0.4, -0.2) is 23.7 Å². The number of carbonyl (C=O) groups is 2. The van der Waals surface area contributed by atoms with Crippen LogP contribution in [0.3, 0.4) is 0 Å². The van der Waals surface area contributed by atoms with Crippen molar-refractivity contribution >= 4 is 11.9 Å². The highest BCUT2D eigenvalue weighted by atomic mass is 16.5. The van der Waals surface area contributed by atoms with Crippen molar-refractivity contribution in [2.75, 3.05) is 6.61 Å². The summed E-state index contributed by atoms with van der Waals surface area (Å²) >= 11 is 0. The zero-order valence-corrected chi connectivity index (χ0v) is 25.0. The molecule has 37 heavy (non-hydrogen) atoms. The molecule has 1 unspecified atom stereocenters. The van der Waals surface area contributed by atoms with Gasteiger partial charge in [-0.1, -0.05) is 162 Å². The standard InChI is InChI=1S/C30H58O2.C3H4O2/c1-5-8-10-11-12-13-14-15-16-17-18-19-20-21-22-23-24-26-32-30(31)28(4)27-29(7-3)25-9-6-2;1-2-3(4)5/h29H,4-27H2,1-3H3;2H,1H2,(H,4,5). The smallest absolute Gasteiger partial charge is 0.333 e. The van der Waals surface area contributed by atoms with Crippen molar-refractivity contribution in [3.8, 4) is 0 Å². The lowest BCUT2D eigenvalue weighted by molar-refractivity contribution is -0.139. The van der Waals surface area contributed by atoms with E-state index in [0.29, 0.717) is 18.1 Å². The minimum absolute atomic E-state index is 0.170. The molecule has 0 aromatic rings. The summed E-state index contributed by atoms with van der Waals surface area (Å²) < 4.78 is 5.44. The van der Waals surface area contributed by atoms with Crippen molar-refractivity contribution in [2.45, 2.75) is 162 Å². The summed E-state index contributed by atoms with van der Waals surface area (Å²) in [6.45, 7) is 14.2. The Hall–Kier alpha value is -1.58. The first kappa shape index (κ1) is 37.6. The molecule has 0 saturated heterocycles. The zero-order chi connectivity index (χ0) is 28.0. The lowest BCUT2D eigenvalue weighted by Crippen LogP contribution is -2.12. The van der Waals surface area contributed by atoms with Crippen LogP contribution >= 0.6 is 0 Å². The Kier molecular flexibility index (Phi) is 31.1. The SMILES string of the molecule is C=C(CC(CC)CCCC)C(=O)OCCCCCCCCCCCCCCCCCCC.C=CC(=O)O. The van der Waals surface area contributed by atoms with Gasteiger partial charge < -0.3 is 9.84 Å². The molecule has 0 radical (unpaired) electrons. The molecule has 0 aromatic carbocycles. The van der Waals surface area contributed by atoms with Crippen molar-refractivity contribution in [1.29, 1.82) is 0 Å². The Morgan fingerprint density at radius 2 is 1.08 bits per heavy atom. The van der Waals surface area contributed by atoms with Crippen LogP contribution < -0.4 is 0 Å². The molecular formula is C33H62O4. The van der Waals surface area contributed by atoms with Crippen molar-refractivity contribution in [2.24, 2.45) is 5.92 Å². The zero-order valence-electron chi connectivity index (χ0n) is 25.0. The molecule has 1 atom stereocenters. The highest BCUT2D eigenvalue weighted by molar-refractivity contribution is 5.87. The van der Waals surface area contributed by atoms with Gasteiger partial charge >= 0.3 is 11.9 Å². The number of rotatable bonds is 26. The molecule has 0 saturated carbocycles. The maximum atomic E-state index is 12.1. The fraction of sp³-hybridized carbons (Fsp3) is 0.818. The molecule has 4 nitrogen and oxygen atoms in total. The highest BCUT2D eigenvalue weighted by Crippen LogP contribution is 2.21. The second kappa shape index (κ2) is 30.6. The fourth-order valence-electron chi connectivity index (χ4n) is 4.47. The third-order valence-corrected chi connectivity index (χ3v) is 7.02. The number of esters is 1. The third kappa shape index (κ3) is 30.5. The van der Waals surface area contributed by atoms with Gasteiger partial charge in [-0.15, -0.1) is 0 Å². The number of ether oxygens (including phenoxy) is 1. The molecule has 4 heteroatoms. The summed E-state index contributed by atoms with van der Waals surface area (Å²) in [5.74, 6) is -0.572. The number of hydrogen-bond donors (Lipinski definition) is 1. The van der Waals surface area contributed by atoms with Crippen molar-refractivity contribution in [3.05, 3.63) is 24.8 Å². The van der Waals surface area contributed by atoms with Gasteiger partial charge in [0.2, 0.25) is 0 Å². The number of carboxylic acid groups (broad SMARTS) is 1. The molecular weight excluding hydrogens is 460 g/mol. The first-order valence-electron chi connectivity index (χ1n) is 15.6. The lowest BCUT2D eigenvalue weighted by Gasteiger charge is -2.15. The highest BCUT2D eigenvalue weighted by Gasteiger charge is 2.14. The van der Waals surface area contributed by atoms with Crippen molar-refractivity contribution in [3.63, 3.8) is 0 Å². The first-order valence-corrected chi connectivity index (χ1v) is 15.6. The van der Waals surface area contributed by atoms with Crippen LogP contribution in [0.15, 0.2) is 24.8 Å².